The van der Waals surface area contributed by atoms with Gasteiger partial charge in [-0.1, -0.05) is 67.1 Å². The van der Waals surface area contributed by atoms with Crippen LogP contribution < -0.4 is 5.73 Å². The lowest BCUT2D eigenvalue weighted by atomic mass is 9.67. The number of nitrogens with two attached hydrogens (primary N) is 1. The van der Waals surface area contributed by atoms with Gasteiger partial charge in [0.1, 0.15) is 11.3 Å². The Morgan fingerprint density at radius 3 is 2.41 bits per heavy atom. The van der Waals surface area contributed by atoms with Crippen molar-refractivity contribution in [3.05, 3.63) is 83.4 Å². The maximum Gasteiger partial charge on any atom is 0.203 e. The van der Waals surface area contributed by atoms with E-state index in [1.807, 2.05) is 12.1 Å². The molecular weight excluding hydrogens is 422 g/mol. The number of aromatic nitrogens is 4. The first-order chi connectivity index (χ1) is 16.7. The molecule has 6 heteroatoms. The van der Waals surface area contributed by atoms with Gasteiger partial charge in [0.05, 0.1) is 0 Å². The van der Waals surface area contributed by atoms with Gasteiger partial charge >= 0.3 is 0 Å². The second-order valence-electron chi connectivity index (χ2n) is 9.83. The summed E-state index contributed by atoms with van der Waals surface area (Å²) < 4.78 is 0. The van der Waals surface area contributed by atoms with E-state index in [4.69, 9.17) is 5.73 Å². The van der Waals surface area contributed by atoms with Gasteiger partial charge in [-0.15, -0.1) is 5.10 Å². The number of pyridine rings is 1. The molecule has 4 aromatic rings. The van der Waals surface area contributed by atoms with Crippen LogP contribution in [-0.4, -0.2) is 32.1 Å². The third-order valence-electron chi connectivity index (χ3n) is 7.77. The van der Waals surface area contributed by atoms with E-state index in [0.717, 1.165) is 56.0 Å². The number of nitrogens with one attached hydrogen (secondary N) is 1. The first kappa shape index (κ1) is 22.5. The topological polar surface area (TPSA) is 101 Å². The highest BCUT2D eigenvalue weighted by molar-refractivity contribution is 5.77. The summed E-state index contributed by atoms with van der Waals surface area (Å²) in [6.07, 6.45) is 7.46. The number of H-pyrrole nitrogens is 1. The van der Waals surface area contributed by atoms with E-state index < -0.39 is 0 Å². The molecule has 6 nitrogen and oxygen atoms in total. The molecule has 0 saturated heterocycles. The van der Waals surface area contributed by atoms with E-state index in [-0.39, 0.29) is 17.9 Å². The maximum absolute atomic E-state index is 10.4. The minimum absolute atomic E-state index is 0.0208. The number of aliphatic hydroxyl groups is 1. The van der Waals surface area contributed by atoms with Crippen LogP contribution in [0.15, 0.2) is 66.7 Å². The number of aliphatic hydroxyl groups excluding tert-OH is 1. The van der Waals surface area contributed by atoms with Crippen molar-refractivity contribution in [1.29, 1.82) is 0 Å². The molecule has 1 fully saturated rings. The molecule has 1 aliphatic carbocycles. The summed E-state index contributed by atoms with van der Waals surface area (Å²) in [5.74, 6) is 1.22. The number of nitrogen functional groups attached to an aromatic ring is 1. The fourth-order valence-corrected chi connectivity index (χ4v) is 5.79. The van der Waals surface area contributed by atoms with Crippen LogP contribution in [0.2, 0.25) is 0 Å². The second kappa shape index (κ2) is 9.94. The van der Waals surface area contributed by atoms with Crippen molar-refractivity contribution in [3.63, 3.8) is 0 Å². The fourth-order valence-electron chi connectivity index (χ4n) is 5.79. The molecule has 0 bridgehead atoms. The van der Waals surface area contributed by atoms with Crippen molar-refractivity contribution in [2.45, 2.75) is 56.8 Å². The predicted molar refractivity (Wildman–Crippen MR) is 135 cm³/mol. The van der Waals surface area contributed by atoms with Crippen molar-refractivity contribution in [3.8, 4) is 0 Å². The van der Waals surface area contributed by atoms with Crippen LogP contribution in [0.3, 0.4) is 0 Å². The van der Waals surface area contributed by atoms with E-state index in [9.17, 15) is 5.11 Å². The van der Waals surface area contributed by atoms with E-state index >= 15 is 0 Å². The second-order valence-corrected chi connectivity index (χ2v) is 9.83. The molecule has 176 valence electrons. The van der Waals surface area contributed by atoms with Crippen molar-refractivity contribution < 1.29 is 5.11 Å². The van der Waals surface area contributed by atoms with E-state index in [1.165, 1.54) is 11.1 Å². The molecular formula is C28H33N5O. The molecule has 1 aliphatic rings. The number of rotatable bonds is 8. The molecule has 5 rings (SSSR count). The average Bonchev–Trinajstić information content (AvgIpc) is 3.36. The number of anilines is 1. The smallest absolute Gasteiger partial charge is 0.203 e. The summed E-state index contributed by atoms with van der Waals surface area (Å²) in [4.78, 5) is 4.32. The number of hydrogen-bond donors (Lipinski definition) is 3. The highest BCUT2D eigenvalue weighted by Crippen LogP contribution is 2.46. The predicted octanol–water partition coefficient (Wildman–Crippen LogP) is 5.57. The Labute approximate surface area is 200 Å². The Bertz CT molecular complexity index is 1200. The Balaban J connectivity index is 1.31. The molecule has 34 heavy (non-hydrogen) atoms. The molecule has 1 unspecified atom stereocenters. The van der Waals surface area contributed by atoms with Gasteiger partial charge in [-0.25, -0.2) is 4.98 Å². The first-order valence-electron chi connectivity index (χ1n) is 12.4. The summed E-state index contributed by atoms with van der Waals surface area (Å²) in [5.41, 5.74) is 11.2. The molecule has 1 saturated carbocycles. The summed E-state index contributed by atoms with van der Waals surface area (Å²) in [6.45, 7) is 0.264. The number of aromatic amines is 1. The summed E-state index contributed by atoms with van der Waals surface area (Å²) in [6, 6.07) is 23.3. The lowest BCUT2D eigenvalue weighted by Crippen LogP contribution is -2.30. The van der Waals surface area contributed by atoms with Gasteiger partial charge in [0, 0.05) is 12.5 Å². The zero-order valence-corrected chi connectivity index (χ0v) is 19.5. The summed E-state index contributed by atoms with van der Waals surface area (Å²) in [5, 5.41) is 21.6. The molecule has 2 heterocycles. The van der Waals surface area contributed by atoms with Gasteiger partial charge in [0.2, 0.25) is 5.65 Å². The quantitative estimate of drug-likeness (QED) is 0.322. The number of fused-ring (bicyclic) bond motifs is 1. The van der Waals surface area contributed by atoms with Crippen LogP contribution in [0.4, 0.5) is 5.82 Å². The lowest BCUT2D eigenvalue weighted by Gasteiger charge is -2.39. The zero-order valence-electron chi connectivity index (χ0n) is 19.5. The third kappa shape index (κ3) is 4.68. The molecule has 1 atom stereocenters. The van der Waals surface area contributed by atoms with Gasteiger partial charge in [-0.2, -0.15) is 10.3 Å². The highest BCUT2D eigenvalue weighted by atomic mass is 16.3. The summed E-state index contributed by atoms with van der Waals surface area (Å²) in [7, 11) is 0. The van der Waals surface area contributed by atoms with Crippen LogP contribution in [0.1, 0.15) is 73.5 Å². The SMILES string of the molecule is Nc1cc(C(CCCC2(CO)CCC(c3ccccc3)CC2)c2ccccc2)c2n[nH]nc2n1. The molecule has 0 amide bonds. The van der Waals surface area contributed by atoms with Gasteiger partial charge < -0.3 is 10.8 Å². The zero-order chi connectivity index (χ0) is 23.4. The number of benzene rings is 2. The molecule has 2 aromatic carbocycles. The van der Waals surface area contributed by atoms with Crippen molar-refractivity contribution in [2.24, 2.45) is 5.41 Å². The monoisotopic (exact) mass is 455 g/mol. The van der Waals surface area contributed by atoms with Crippen molar-refractivity contribution in [1.82, 2.24) is 20.4 Å². The standard InChI is InChI=1S/C28H33N5O/c29-25-18-24(26-27(30-25)32-33-31-26)23(22-10-5-2-6-11-22)12-7-15-28(19-34)16-13-21(14-17-28)20-8-3-1-4-9-20/h1-6,8-11,18,21,23,34H,7,12-17,19H2,(H3,29,30,31,32,33). The van der Waals surface area contributed by atoms with Crippen LogP contribution in [0.25, 0.3) is 11.2 Å². The van der Waals surface area contributed by atoms with Crippen LogP contribution in [0, 0.1) is 5.41 Å². The normalized spacial score (nSPS) is 21.5. The molecule has 2 aromatic heterocycles. The summed E-state index contributed by atoms with van der Waals surface area (Å²) >= 11 is 0. The Kier molecular flexibility index (Phi) is 6.59. The van der Waals surface area contributed by atoms with Gasteiger partial charge in [0.25, 0.3) is 0 Å². The van der Waals surface area contributed by atoms with Gasteiger partial charge in [-0.05, 0) is 72.6 Å². The molecule has 4 N–H and O–H groups in total. The van der Waals surface area contributed by atoms with Gasteiger partial charge in [0.15, 0.2) is 0 Å². The fraction of sp³-hybridized carbons (Fsp3) is 0.393. The Morgan fingerprint density at radius 2 is 1.71 bits per heavy atom. The van der Waals surface area contributed by atoms with Crippen LogP contribution >= 0.6 is 0 Å². The largest absolute Gasteiger partial charge is 0.396 e. The number of nitrogens with zero attached hydrogens (tertiary/aromatic N) is 3. The minimum atomic E-state index is 0.0208. The van der Waals surface area contributed by atoms with Crippen molar-refractivity contribution in [2.75, 3.05) is 12.3 Å². The lowest BCUT2D eigenvalue weighted by molar-refractivity contribution is 0.0643. The molecule has 0 radical (unpaired) electrons. The molecule has 0 spiro atoms. The van der Waals surface area contributed by atoms with Crippen LogP contribution in [-0.2, 0) is 0 Å². The third-order valence-corrected chi connectivity index (χ3v) is 7.77. The van der Waals surface area contributed by atoms with Crippen LogP contribution in [0.5, 0.6) is 0 Å². The van der Waals surface area contributed by atoms with Gasteiger partial charge in [-0.3, -0.25) is 0 Å². The minimum Gasteiger partial charge on any atom is -0.396 e. The Morgan fingerprint density at radius 1 is 1.00 bits per heavy atom. The van der Waals surface area contributed by atoms with Crippen molar-refractivity contribution >= 4 is 17.0 Å². The van der Waals surface area contributed by atoms with E-state index in [1.54, 1.807) is 0 Å². The first-order valence-corrected chi connectivity index (χ1v) is 12.4. The Hall–Kier alpha value is -3.25. The number of hydrogen-bond acceptors (Lipinski definition) is 5. The average molecular weight is 456 g/mol. The maximum atomic E-state index is 10.4. The molecule has 0 aliphatic heterocycles. The van der Waals surface area contributed by atoms with E-state index in [2.05, 4.69) is 75.0 Å². The van der Waals surface area contributed by atoms with E-state index in [0.29, 0.717) is 17.4 Å². The highest BCUT2D eigenvalue weighted by Gasteiger charge is 2.35.